The molecule has 0 rings (SSSR count). The van der Waals surface area contributed by atoms with E-state index in [1.807, 2.05) is 0 Å². The van der Waals surface area contributed by atoms with Gasteiger partial charge in [0, 0.05) is 12.2 Å². The fourth-order valence-corrected chi connectivity index (χ4v) is 0.648. The van der Waals surface area contributed by atoms with Gasteiger partial charge in [-0.3, -0.25) is 4.79 Å². The second kappa shape index (κ2) is 5.59. The number of thiol groups is 1. The molecular formula is C7H14O2S. The van der Waals surface area contributed by atoms with Crippen LogP contribution in [0.5, 0.6) is 0 Å². The number of carbonyl (C=O) groups is 1. The van der Waals surface area contributed by atoms with Crippen molar-refractivity contribution >= 4 is 18.6 Å². The SMILES string of the molecule is CCC(S)CCOC(C)=O. The molecule has 0 amide bonds. The van der Waals surface area contributed by atoms with Gasteiger partial charge in [0.25, 0.3) is 0 Å². The second-order valence-electron chi connectivity index (χ2n) is 2.19. The Morgan fingerprint density at radius 2 is 2.30 bits per heavy atom. The van der Waals surface area contributed by atoms with Gasteiger partial charge < -0.3 is 4.74 Å². The first-order chi connectivity index (χ1) is 4.66. The van der Waals surface area contributed by atoms with E-state index in [2.05, 4.69) is 19.6 Å². The summed E-state index contributed by atoms with van der Waals surface area (Å²) in [5, 5.41) is 0.361. The van der Waals surface area contributed by atoms with Crippen LogP contribution in [-0.2, 0) is 9.53 Å². The third kappa shape index (κ3) is 5.95. The zero-order valence-corrected chi connectivity index (χ0v) is 7.36. The summed E-state index contributed by atoms with van der Waals surface area (Å²) >= 11 is 4.24. The molecular weight excluding hydrogens is 148 g/mol. The Kier molecular flexibility index (Phi) is 5.49. The second-order valence-corrected chi connectivity index (χ2v) is 2.92. The van der Waals surface area contributed by atoms with Crippen molar-refractivity contribution in [2.75, 3.05) is 6.61 Å². The van der Waals surface area contributed by atoms with Gasteiger partial charge >= 0.3 is 5.97 Å². The summed E-state index contributed by atoms with van der Waals surface area (Å²) in [6.45, 7) is 3.97. The maximum absolute atomic E-state index is 10.3. The highest BCUT2D eigenvalue weighted by Gasteiger charge is 1.99. The van der Waals surface area contributed by atoms with Gasteiger partial charge in [0.2, 0.25) is 0 Å². The van der Waals surface area contributed by atoms with Gasteiger partial charge in [-0.25, -0.2) is 0 Å². The van der Waals surface area contributed by atoms with E-state index in [9.17, 15) is 4.79 Å². The number of rotatable bonds is 4. The van der Waals surface area contributed by atoms with Crippen molar-refractivity contribution in [2.24, 2.45) is 0 Å². The molecule has 0 heterocycles. The normalized spacial score (nSPS) is 12.7. The van der Waals surface area contributed by atoms with E-state index in [1.54, 1.807) is 0 Å². The Morgan fingerprint density at radius 1 is 1.70 bits per heavy atom. The first-order valence-corrected chi connectivity index (χ1v) is 4.00. The maximum Gasteiger partial charge on any atom is 0.302 e. The molecule has 0 saturated heterocycles. The van der Waals surface area contributed by atoms with E-state index in [1.165, 1.54) is 6.92 Å². The molecule has 0 fully saturated rings. The molecule has 0 aliphatic heterocycles. The Hall–Kier alpha value is -0.180. The molecule has 1 atom stereocenters. The van der Waals surface area contributed by atoms with Gasteiger partial charge in [-0.05, 0) is 12.8 Å². The highest BCUT2D eigenvalue weighted by molar-refractivity contribution is 7.80. The molecule has 60 valence electrons. The highest BCUT2D eigenvalue weighted by Crippen LogP contribution is 2.04. The van der Waals surface area contributed by atoms with E-state index in [-0.39, 0.29) is 5.97 Å². The smallest absolute Gasteiger partial charge is 0.302 e. The largest absolute Gasteiger partial charge is 0.466 e. The van der Waals surface area contributed by atoms with Crippen LogP contribution in [0, 0.1) is 0 Å². The molecule has 0 saturated carbocycles. The summed E-state index contributed by atoms with van der Waals surface area (Å²) < 4.78 is 4.73. The average molecular weight is 162 g/mol. The summed E-state index contributed by atoms with van der Waals surface area (Å²) in [5.74, 6) is -0.211. The number of hydrogen-bond acceptors (Lipinski definition) is 3. The Balaban J connectivity index is 3.11. The topological polar surface area (TPSA) is 26.3 Å². The molecule has 0 bridgehead atoms. The van der Waals surface area contributed by atoms with E-state index >= 15 is 0 Å². The fraction of sp³-hybridized carbons (Fsp3) is 0.857. The quantitative estimate of drug-likeness (QED) is 0.502. The molecule has 0 N–H and O–H groups in total. The molecule has 10 heavy (non-hydrogen) atoms. The summed E-state index contributed by atoms with van der Waals surface area (Å²) in [6.07, 6.45) is 1.86. The van der Waals surface area contributed by atoms with Crippen molar-refractivity contribution < 1.29 is 9.53 Å². The van der Waals surface area contributed by atoms with E-state index in [0.717, 1.165) is 12.8 Å². The van der Waals surface area contributed by atoms with Crippen molar-refractivity contribution in [3.8, 4) is 0 Å². The van der Waals surface area contributed by atoms with Crippen LogP contribution in [0.4, 0.5) is 0 Å². The standard InChI is InChI=1S/C7H14O2S/c1-3-7(10)4-5-9-6(2)8/h7,10H,3-5H2,1-2H3. The minimum Gasteiger partial charge on any atom is -0.466 e. The van der Waals surface area contributed by atoms with Gasteiger partial charge in [0.1, 0.15) is 0 Å². The number of carbonyl (C=O) groups excluding carboxylic acids is 1. The van der Waals surface area contributed by atoms with Crippen molar-refractivity contribution in [3.63, 3.8) is 0 Å². The predicted molar refractivity (Wildman–Crippen MR) is 44.3 cm³/mol. The third-order valence-corrected chi connectivity index (χ3v) is 1.85. The molecule has 0 aromatic heterocycles. The Labute approximate surface area is 67.4 Å². The predicted octanol–water partition coefficient (Wildman–Crippen LogP) is 1.65. The summed E-state index contributed by atoms with van der Waals surface area (Å²) in [7, 11) is 0. The van der Waals surface area contributed by atoms with Crippen LogP contribution in [0.25, 0.3) is 0 Å². The summed E-state index contributed by atoms with van der Waals surface area (Å²) in [4.78, 5) is 10.3. The molecule has 0 aliphatic rings. The Bertz CT molecular complexity index is 104. The average Bonchev–Trinajstić information content (AvgIpc) is 1.87. The van der Waals surface area contributed by atoms with Crippen LogP contribution in [0.3, 0.4) is 0 Å². The van der Waals surface area contributed by atoms with Crippen molar-refractivity contribution in [1.82, 2.24) is 0 Å². The number of hydrogen-bond donors (Lipinski definition) is 1. The van der Waals surface area contributed by atoms with E-state index in [0.29, 0.717) is 11.9 Å². The van der Waals surface area contributed by atoms with Crippen molar-refractivity contribution in [3.05, 3.63) is 0 Å². The monoisotopic (exact) mass is 162 g/mol. The first-order valence-electron chi connectivity index (χ1n) is 3.48. The van der Waals surface area contributed by atoms with Gasteiger partial charge in [-0.1, -0.05) is 6.92 Å². The molecule has 0 radical (unpaired) electrons. The number of ether oxygens (including phenoxy) is 1. The highest BCUT2D eigenvalue weighted by atomic mass is 32.1. The lowest BCUT2D eigenvalue weighted by Gasteiger charge is -2.06. The summed E-state index contributed by atoms with van der Waals surface area (Å²) in [6, 6.07) is 0. The van der Waals surface area contributed by atoms with Crippen LogP contribution in [0.2, 0.25) is 0 Å². The minimum absolute atomic E-state index is 0.211. The third-order valence-electron chi connectivity index (χ3n) is 1.23. The molecule has 0 spiro atoms. The van der Waals surface area contributed by atoms with Crippen LogP contribution in [-0.4, -0.2) is 17.8 Å². The van der Waals surface area contributed by atoms with Gasteiger partial charge in [-0.15, -0.1) is 0 Å². The van der Waals surface area contributed by atoms with Crippen LogP contribution >= 0.6 is 12.6 Å². The molecule has 0 aromatic carbocycles. The van der Waals surface area contributed by atoms with Crippen LogP contribution < -0.4 is 0 Å². The Morgan fingerprint density at radius 3 is 2.70 bits per heavy atom. The van der Waals surface area contributed by atoms with Crippen LogP contribution in [0.1, 0.15) is 26.7 Å². The van der Waals surface area contributed by atoms with Crippen molar-refractivity contribution in [1.29, 1.82) is 0 Å². The fourth-order valence-electron chi connectivity index (χ4n) is 0.543. The molecule has 2 nitrogen and oxygen atoms in total. The van der Waals surface area contributed by atoms with E-state index in [4.69, 9.17) is 4.74 Å². The van der Waals surface area contributed by atoms with Gasteiger partial charge in [-0.2, -0.15) is 12.6 Å². The molecule has 1 unspecified atom stereocenters. The molecule has 0 aliphatic carbocycles. The zero-order valence-electron chi connectivity index (χ0n) is 6.46. The number of esters is 1. The van der Waals surface area contributed by atoms with Gasteiger partial charge in [0.05, 0.1) is 6.61 Å². The minimum atomic E-state index is -0.211. The lowest BCUT2D eigenvalue weighted by atomic mass is 10.2. The molecule has 3 heteroatoms. The van der Waals surface area contributed by atoms with E-state index < -0.39 is 0 Å². The van der Waals surface area contributed by atoms with Crippen molar-refractivity contribution in [2.45, 2.75) is 31.9 Å². The first kappa shape index (κ1) is 9.82. The molecule has 0 aromatic rings. The van der Waals surface area contributed by atoms with Gasteiger partial charge in [0.15, 0.2) is 0 Å². The lowest BCUT2D eigenvalue weighted by Crippen LogP contribution is -2.06. The summed E-state index contributed by atoms with van der Waals surface area (Å²) in [5.41, 5.74) is 0. The maximum atomic E-state index is 10.3. The lowest BCUT2D eigenvalue weighted by molar-refractivity contribution is -0.141. The zero-order chi connectivity index (χ0) is 7.98. The van der Waals surface area contributed by atoms with Crippen LogP contribution in [0.15, 0.2) is 0 Å².